The molecule has 3 amide bonds. The van der Waals surface area contributed by atoms with Crippen molar-refractivity contribution >= 4 is 11.9 Å². The largest absolute Gasteiger partial charge is 0.416 e. The van der Waals surface area contributed by atoms with E-state index in [2.05, 4.69) is 5.32 Å². The third-order valence-corrected chi connectivity index (χ3v) is 5.42. The van der Waals surface area contributed by atoms with Gasteiger partial charge in [-0.15, -0.1) is 0 Å². The number of rotatable bonds is 3. The predicted molar refractivity (Wildman–Crippen MR) is 93.5 cm³/mol. The van der Waals surface area contributed by atoms with Crippen LogP contribution >= 0.6 is 0 Å². The van der Waals surface area contributed by atoms with Gasteiger partial charge in [-0.05, 0) is 24.5 Å². The van der Waals surface area contributed by atoms with Crippen LogP contribution in [0.5, 0.6) is 0 Å². The minimum Gasteiger partial charge on any atom is -0.330 e. The highest BCUT2D eigenvalue weighted by molar-refractivity contribution is 6.01. The van der Waals surface area contributed by atoms with E-state index in [0.717, 1.165) is 6.07 Å². The molecule has 2 aliphatic heterocycles. The molecular formula is C19H22F3N3O2. The van der Waals surface area contributed by atoms with Gasteiger partial charge in [0.2, 0.25) is 0 Å². The van der Waals surface area contributed by atoms with Crippen molar-refractivity contribution in [2.45, 2.75) is 39.0 Å². The number of hydrogen-bond acceptors (Lipinski definition) is 2. The zero-order chi connectivity index (χ0) is 20.1. The van der Waals surface area contributed by atoms with E-state index in [1.807, 2.05) is 20.8 Å². The van der Waals surface area contributed by atoms with Crippen molar-refractivity contribution in [1.29, 1.82) is 0 Å². The molecule has 0 aromatic heterocycles. The van der Waals surface area contributed by atoms with Crippen molar-refractivity contribution in [2.24, 2.45) is 5.92 Å². The van der Waals surface area contributed by atoms with Crippen LogP contribution in [0.4, 0.5) is 18.0 Å². The lowest BCUT2D eigenvalue weighted by Gasteiger charge is -2.32. The highest BCUT2D eigenvalue weighted by Crippen LogP contribution is 2.41. The molecule has 2 atom stereocenters. The zero-order valence-corrected chi connectivity index (χ0v) is 15.6. The predicted octanol–water partition coefficient (Wildman–Crippen LogP) is 3.54. The molecule has 0 fully saturated rings. The fraction of sp³-hybridized carbons (Fsp3) is 0.474. The summed E-state index contributed by atoms with van der Waals surface area (Å²) in [5, 5.41) is 2.57. The van der Waals surface area contributed by atoms with Crippen molar-refractivity contribution < 1.29 is 22.8 Å². The van der Waals surface area contributed by atoms with Crippen LogP contribution in [0.3, 0.4) is 0 Å². The molecule has 0 radical (unpaired) electrons. The van der Waals surface area contributed by atoms with Gasteiger partial charge in [-0.3, -0.25) is 9.69 Å². The molecule has 0 aliphatic carbocycles. The minimum absolute atomic E-state index is 0.106. The summed E-state index contributed by atoms with van der Waals surface area (Å²) < 4.78 is 40.5. The van der Waals surface area contributed by atoms with Crippen LogP contribution in [0, 0.1) is 5.92 Å². The first kappa shape index (κ1) is 19.3. The molecule has 1 N–H and O–H groups in total. The summed E-state index contributed by atoms with van der Waals surface area (Å²) in [5.41, 5.74) is -0.305. The molecule has 0 spiro atoms. The Morgan fingerprint density at radius 1 is 1.15 bits per heavy atom. The Kier molecular flexibility index (Phi) is 4.69. The Balaban J connectivity index is 2.11. The van der Waals surface area contributed by atoms with Gasteiger partial charge < -0.3 is 10.2 Å². The molecule has 146 valence electrons. The average Bonchev–Trinajstić information content (AvgIpc) is 2.94. The number of alkyl halides is 3. The van der Waals surface area contributed by atoms with Gasteiger partial charge in [-0.2, -0.15) is 13.2 Å². The fourth-order valence-corrected chi connectivity index (χ4v) is 3.52. The number of likely N-dealkylation sites (N-methyl/N-ethyl adjacent to an activating group) is 1. The van der Waals surface area contributed by atoms with Crippen LogP contribution in [0.15, 0.2) is 35.5 Å². The number of benzene rings is 1. The minimum atomic E-state index is -4.59. The van der Waals surface area contributed by atoms with Crippen LogP contribution in [0.2, 0.25) is 0 Å². The van der Waals surface area contributed by atoms with Gasteiger partial charge in [0.15, 0.2) is 0 Å². The molecule has 2 unspecified atom stereocenters. The maximum absolute atomic E-state index is 13.5. The van der Waals surface area contributed by atoms with E-state index in [0.29, 0.717) is 5.70 Å². The number of amides is 3. The quantitative estimate of drug-likeness (QED) is 0.871. The fourth-order valence-electron chi connectivity index (χ4n) is 3.52. The number of carbonyl (C=O) groups excluding carboxylic acids is 2. The van der Waals surface area contributed by atoms with Gasteiger partial charge in [-0.25, -0.2) is 4.79 Å². The van der Waals surface area contributed by atoms with Crippen molar-refractivity contribution in [1.82, 2.24) is 15.1 Å². The van der Waals surface area contributed by atoms with Gasteiger partial charge in [0.05, 0.1) is 29.4 Å². The molecule has 27 heavy (non-hydrogen) atoms. The maximum atomic E-state index is 13.5. The van der Waals surface area contributed by atoms with Gasteiger partial charge in [0, 0.05) is 13.1 Å². The average molecular weight is 381 g/mol. The second-order valence-electron chi connectivity index (χ2n) is 7.30. The third-order valence-electron chi connectivity index (χ3n) is 5.42. The Morgan fingerprint density at radius 3 is 2.37 bits per heavy atom. The van der Waals surface area contributed by atoms with E-state index in [9.17, 15) is 22.8 Å². The molecular weight excluding hydrogens is 359 g/mol. The third kappa shape index (κ3) is 3.17. The number of hydrogen-bond donors (Lipinski definition) is 1. The molecule has 8 heteroatoms. The van der Waals surface area contributed by atoms with E-state index in [1.54, 1.807) is 4.90 Å². The number of urea groups is 1. The van der Waals surface area contributed by atoms with Crippen LogP contribution in [0.1, 0.15) is 37.9 Å². The van der Waals surface area contributed by atoms with Crippen molar-refractivity contribution in [2.75, 3.05) is 13.6 Å². The number of nitrogens with zero attached hydrogens (tertiary/aromatic N) is 2. The second kappa shape index (κ2) is 6.58. The Hall–Kier alpha value is -2.51. The van der Waals surface area contributed by atoms with E-state index < -0.39 is 23.8 Å². The highest BCUT2D eigenvalue weighted by Gasteiger charge is 2.46. The van der Waals surface area contributed by atoms with Gasteiger partial charge in [0.25, 0.3) is 5.91 Å². The summed E-state index contributed by atoms with van der Waals surface area (Å²) >= 11 is 0. The first-order chi connectivity index (χ1) is 12.5. The number of nitrogens with one attached hydrogen (secondary N) is 1. The summed E-state index contributed by atoms with van der Waals surface area (Å²) in [7, 11) is 1.52. The summed E-state index contributed by atoms with van der Waals surface area (Å²) in [6.07, 6.45) is -4.59. The molecule has 2 aliphatic rings. The number of carbonyl (C=O) groups is 2. The topological polar surface area (TPSA) is 52.7 Å². The molecule has 5 nitrogen and oxygen atoms in total. The standard InChI is InChI=1S/C19H22F3N3O2/c1-10(2)11(3)25-9-14-15(17(25)26)16(23-18(27)24(14)4)12-7-5-6-8-13(12)19(20,21)22/h5-8,10-11,16H,9H2,1-4H3,(H,23,27). The normalized spacial score (nSPS) is 21.7. The monoisotopic (exact) mass is 381 g/mol. The molecule has 0 saturated heterocycles. The lowest BCUT2D eigenvalue weighted by Crippen LogP contribution is -2.45. The smallest absolute Gasteiger partial charge is 0.330 e. The first-order valence-corrected chi connectivity index (χ1v) is 8.78. The summed E-state index contributed by atoms with van der Waals surface area (Å²) in [5.74, 6) is -0.162. The molecule has 0 bridgehead atoms. The molecule has 1 aromatic carbocycles. The lowest BCUT2D eigenvalue weighted by atomic mass is 9.91. The van der Waals surface area contributed by atoms with Crippen LogP contribution in [-0.4, -0.2) is 41.4 Å². The maximum Gasteiger partial charge on any atom is 0.416 e. The van der Waals surface area contributed by atoms with Crippen molar-refractivity contribution in [3.8, 4) is 0 Å². The van der Waals surface area contributed by atoms with E-state index in [4.69, 9.17) is 0 Å². The van der Waals surface area contributed by atoms with Crippen molar-refractivity contribution in [3.05, 3.63) is 46.7 Å². The van der Waals surface area contributed by atoms with E-state index >= 15 is 0 Å². The SMILES string of the molecule is CC(C)C(C)N1CC2=C(C1=O)C(c1ccccc1C(F)(F)F)NC(=O)N2C. The Labute approximate surface area is 155 Å². The summed E-state index contributed by atoms with van der Waals surface area (Å²) in [4.78, 5) is 28.4. The molecule has 1 aromatic rings. The summed E-state index contributed by atoms with van der Waals surface area (Å²) in [6, 6.07) is 3.29. The second-order valence-corrected chi connectivity index (χ2v) is 7.30. The Bertz CT molecular complexity index is 817. The summed E-state index contributed by atoms with van der Waals surface area (Å²) in [6.45, 7) is 6.05. The number of halogens is 3. The van der Waals surface area contributed by atoms with Crippen LogP contribution < -0.4 is 5.32 Å². The zero-order valence-electron chi connectivity index (χ0n) is 15.6. The molecule has 3 rings (SSSR count). The van der Waals surface area contributed by atoms with Crippen LogP contribution in [-0.2, 0) is 11.0 Å². The first-order valence-electron chi connectivity index (χ1n) is 8.78. The molecule has 0 saturated carbocycles. The van der Waals surface area contributed by atoms with Crippen molar-refractivity contribution in [3.63, 3.8) is 0 Å². The Morgan fingerprint density at radius 2 is 1.78 bits per heavy atom. The lowest BCUT2D eigenvalue weighted by molar-refractivity contribution is -0.138. The van der Waals surface area contributed by atoms with Gasteiger partial charge >= 0.3 is 12.2 Å². The highest BCUT2D eigenvalue weighted by atomic mass is 19.4. The van der Waals surface area contributed by atoms with E-state index in [-0.39, 0.29) is 35.5 Å². The van der Waals surface area contributed by atoms with Crippen LogP contribution in [0.25, 0.3) is 0 Å². The van der Waals surface area contributed by atoms with E-state index in [1.165, 1.54) is 30.1 Å². The van der Waals surface area contributed by atoms with Gasteiger partial charge in [-0.1, -0.05) is 32.0 Å². The van der Waals surface area contributed by atoms with Gasteiger partial charge in [0.1, 0.15) is 0 Å². The molecule has 2 heterocycles.